The Morgan fingerprint density at radius 2 is 2.46 bits per heavy atom. The summed E-state index contributed by atoms with van der Waals surface area (Å²) in [4.78, 5) is 15.0. The molecule has 0 saturated heterocycles. The van der Waals surface area contributed by atoms with Crippen LogP contribution in [0.15, 0.2) is 24.5 Å². The van der Waals surface area contributed by atoms with E-state index < -0.39 is 11.4 Å². The van der Waals surface area contributed by atoms with E-state index >= 15 is 0 Å². The molecule has 1 aromatic rings. The Balaban J connectivity index is 2.40. The van der Waals surface area contributed by atoms with E-state index in [9.17, 15) is 4.79 Å². The Kier molecular flexibility index (Phi) is 1.62. The highest BCUT2D eigenvalue weighted by atomic mass is 16.4. The Labute approximate surface area is 76.4 Å². The van der Waals surface area contributed by atoms with Crippen molar-refractivity contribution in [3.63, 3.8) is 0 Å². The third kappa shape index (κ3) is 1.03. The van der Waals surface area contributed by atoms with Crippen LogP contribution in [0.5, 0.6) is 0 Å². The van der Waals surface area contributed by atoms with Gasteiger partial charge in [-0.2, -0.15) is 0 Å². The number of aliphatic carboxylic acids is 1. The van der Waals surface area contributed by atoms with Gasteiger partial charge in [0.25, 0.3) is 0 Å². The van der Waals surface area contributed by atoms with Gasteiger partial charge in [0.1, 0.15) is 0 Å². The summed E-state index contributed by atoms with van der Waals surface area (Å²) in [6, 6.07) is 3.62. The third-order valence-corrected chi connectivity index (χ3v) is 2.87. The fraction of sp³-hybridized carbons (Fsp3) is 0.400. The summed E-state index contributed by atoms with van der Waals surface area (Å²) >= 11 is 0. The molecule has 3 heteroatoms. The topological polar surface area (TPSA) is 50.2 Å². The van der Waals surface area contributed by atoms with Crippen LogP contribution in [-0.4, -0.2) is 16.1 Å². The van der Waals surface area contributed by atoms with E-state index in [1.807, 2.05) is 13.0 Å². The van der Waals surface area contributed by atoms with Crippen LogP contribution in [0.3, 0.4) is 0 Å². The molecule has 68 valence electrons. The van der Waals surface area contributed by atoms with Gasteiger partial charge in [-0.15, -0.1) is 0 Å². The molecule has 1 aliphatic rings. The van der Waals surface area contributed by atoms with Gasteiger partial charge in [0.05, 0.1) is 5.41 Å². The molecule has 1 fully saturated rings. The predicted octanol–water partition coefficient (Wildman–Crippen LogP) is 1.44. The molecule has 1 saturated carbocycles. The van der Waals surface area contributed by atoms with Gasteiger partial charge in [-0.05, 0) is 24.0 Å². The Morgan fingerprint density at radius 3 is 2.85 bits per heavy atom. The minimum atomic E-state index is -0.729. The van der Waals surface area contributed by atoms with E-state index in [4.69, 9.17) is 5.11 Å². The van der Waals surface area contributed by atoms with Crippen molar-refractivity contribution in [3.8, 4) is 0 Å². The summed E-state index contributed by atoms with van der Waals surface area (Å²) in [5.74, 6) is -0.498. The van der Waals surface area contributed by atoms with Gasteiger partial charge >= 0.3 is 5.97 Å². The molecule has 3 nitrogen and oxygen atoms in total. The van der Waals surface area contributed by atoms with E-state index in [0.717, 1.165) is 12.0 Å². The number of aromatic nitrogens is 1. The van der Waals surface area contributed by atoms with Crippen molar-refractivity contribution in [2.75, 3.05) is 0 Å². The van der Waals surface area contributed by atoms with Crippen molar-refractivity contribution >= 4 is 5.97 Å². The summed E-state index contributed by atoms with van der Waals surface area (Å²) < 4.78 is 0. The first-order valence-electron chi connectivity index (χ1n) is 4.32. The molecule has 0 amide bonds. The highest BCUT2D eigenvalue weighted by Crippen LogP contribution is 2.53. The van der Waals surface area contributed by atoms with E-state index in [-0.39, 0.29) is 5.92 Å². The predicted molar refractivity (Wildman–Crippen MR) is 47.3 cm³/mol. The molecule has 0 bridgehead atoms. The molecule has 2 atom stereocenters. The van der Waals surface area contributed by atoms with Crippen molar-refractivity contribution in [2.45, 2.75) is 18.8 Å². The summed E-state index contributed by atoms with van der Waals surface area (Å²) in [7, 11) is 0. The van der Waals surface area contributed by atoms with Crippen molar-refractivity contribution in [1.29, 1.82) is 0 Å². The number of hydrogen-bond donors (Lipinski definition) is 1. The molecule has 1 heterocycles. The first-order chi connectivity index (χ1) is 6.18. The molecule has 2 unspecified atom stereocenters. The lowest BCUT2D eigenvalue weighted by Crippen LogP contribution is -2.21. The van der Waals surface area contributed by atoms with Crippen LogP contribution in [0.2, 0.25) is 0 Å². The zero-order valence-electron chi connectivity index (χ0n) is 7.40. The Hall–Kier alpha value is -1.38. The lowest BCUT2D eigenvalue weighted by atomic mass is 9.95. The lowest BCUT2D eigenvalue weighted by Gasteiger charge is -2.09. The Morgan fingerprint density at radius 1 is 1.77 bits per heavy atom. The highest BCUT2D eigenvalue weighted by Gasteiger charge is 2.59. The molecule has 0 radical (unpaired) electrons. The van der Waals surface area contributed by atoms with E-state index in [0.29, 0.717) is 0 Å². The summed E-state index contributed by atoms with van der Waals surface area (Å²) in [6.45, 7) is 1.96. The molecule has 0 spiro atoms. The summed E-state index contributed by atoms with van der Waals surface area (Å²) in [5.41, 5.74) is 0.184. The zero-order chi connectivity index (χ0) is 9.47. The molecule has 1 aromatic heterocycles. The maximum absolute atomic E-state index is 11.1. The van der Waals surface area contributed by atoms with Gasteiger partial charge in [0, 0.05) is 12.4 Å². The molecule has 0 aromatic carbocycles. The maximum Gasteiger partial charge on any atom is 0.314 e. The Bertz CT molecular complexity index is 336. The zero-order valence-corrected chi connectivity index (χ0v) is 7.40. The number of rotatable bonds is 2. The van der Waals surface area contributed by atoms with Crippen molar-refractivity contribution in [2.24, 2.45) is 5.92 Å². The number of carboxylic acids is 1. The van der Waals surface area contributed by atoms with Gasteiger partial charge < -0.3 is 5.11 Å². The van der Waals surface area contributed by atoms with Gasteiger partial charge in [-0.1, -0.05) is 13.0 Å². The smallest absolute Gasteiger partial charge is 0.314 e. The van der Waals surface area contributed by atoms with Crippen LogP contribution in [0.4, 0.5) is 0 Å². The average Bonchev–Trinajstić information content (AvgIpc) is 2.80. The standard InChI is InChI=1S/C10H11NO2/c1-7-5-10(7,9(12)13)8-3-2-4-11-6-8/h2-4,6-7H,5H2,1H3,(H,12,13). The van der Waals surface area contributed by atoms with Crippen LogP contribution in [0, 0.1) is 5.92 Å². The van der Waals surface area contributed by atoms with Crippen LogP contribution in [-0.2, 0) is 10.2 Å². The van der Waals surface area contributed by atoms with Gasteiger partial charge in [-0.3, -0.25) is 9.78 Å². The quantitative estimate of drug-likeness (QED) is 0.743. The average molecular weight is 177 g/mol. The second-order valence-electron chi connectivity index (χ2n) is 3.62. The highest BCUT2D eigenvalue weighted by molar-refractivity contribution is 5.85. The maximum atomic E-state index is 11.1. The normalized spacial score (nSPS) is 31.3. The SMILES string of the molecule is CC1CC1(C(=O)O)c1cccnc1. The molecule has 1 aliphatic carbocycles. The van der Waals surface area contributed by atoms with Crippen molar-refractivity contribution in [1.82, 2.24) is 4.98 Å². The molecular weight excluding hydrogens is 166 g/mol. The number of hydrogen-bond acceptors (Lipinski definition) is 2. The monoisotopic (exact) mass is 177 g/mol. The second-order valence-corrected chi connectivity index (χ2v) is 3.62. The van der Waals surface area contributed by atoms with Gasteiger partial charge in [0.2, 0.25) is 0 Å². The lowest BCUT2D eigenvalue weighted by molar-refractivity contribution is -0.140. The molecule has 0 aliphatic heterocycles. The largest absolute Gasteiger partial charge is 0.481 e. The minimum Gasteiger partial charge on any atom is -0.481 e. The van der Waals surface area contributed by atoms with Crippen molar-refractivity contribution < 1.29 is 9.90 Å². The summed E-state index contributed by atoms with van der Waals surface area (Å²) in [5, 5.41) is 9.10. The van der Waals surface area contributed by atoms with Crippen LogP contribution in [0.25, 0.3) is 0 Å². The molecule has 2 rings (SSSR count). The second kappa shape index (κ2) is 2.55. The van der Waals surface area contributed by atoms with Crippen LogP contribution < -0.4 is 0 Å². The van der Waals surface area contributed by atoms with Crippen LogP contribution in [0.1, 0.15) is 18.9 Å². The van der Waals surface area contributed by atoms with Gasteiger partial charge in [0.15, 0.2) is 0 Å². The summed E-state index contributed by atoms with van der Waals surface area (Å²) in [6.07, 6.45) is 4.04. The first-order valence-corrected chi connectivity index (χ1v) is 4.32. The molecule has 13 heavy (non-hydrogen) atoms. The van der Waals surface area contributed by atoms with E-state index in [2.05, 4.69) is 4.98 Å². The van der Waals surface area contributed by atoms with Crippen molar-refractivity contribution in [3.05, 3.63) is 30.1 Å². The van der Waals surface area contributed by atoms with Crippen LogP contribution >= 0.6 is 0 Å². The number of carboxylic acid groups (broad SMARTS) is 1. The molecular formula is C10H11NO2. The minimum absolute atomic E-state index is 0.231. The first kappa shape index (κ1) is 8.23. The van der Waals surface area contributed by atoms with Gasteiger partial charge in [-0.25, -0.2) is 0 Å². The van der Waals surface area contributed by atoms with E-state index in [1.165, 1.54) is 0 Å². The van der Waals surface area contributed by atoms with E-state index in [1.54, 1.807) is 18.5 Å². The fourth-order valence-corrected chi connectivity index (χ4v) is 1.87. The molecule has 1 N–H and O–H groups in total. The number of pyridine rings is 1. The number of carbonyl (C=O) groups is 1. The third-order valence-electron chi connectivity index (χ3n) is 2.87. The fourth-order valence-electron chi connectivity index (χ4n) is 1.87. The number of nitrogens with zero attached hydrogens (tertiary/aromatic N) is 1.